The fourth-order valence-electron chi connectivity index (χ4n) is 2.25. The van der Waals surface area contributed by atoms with Gasteiger partial charge >= 0.3 is 0 Å². The van der Waals surface area contributed by atoms with Gasteiger partial charge in [0.05, 0.1) is 0 Å². The predicted molar refractivity (Wildman–Crippen MR) is 52.6 cm³/mol. The molecule has 0 spiro atoms. The number of H-pyrrole nitrogens is 1. The van der Waals surface area contributed by atoms with E-state index in [1.54, 1.807) is 7.11 Å². The van der Waals surface area contributed by atoms with Gasteiger partial charge in [-0.05, 0) is 13.8 Å². The minimum absolute atomic E-state index is 0.279. The largest absolute Gasteiger partial charge is 0.353 e. The van der Waals surface area contributed by atoms with Gasteiger partial charge in [-0.3, -0.25) is 0 Å². The lowest BCUT2D eigenvalue weighted by Crippen LogP contribution is -2.30. The van der Waals surface area contributed by atoms with Gasteiger partial charge in [0.25, 0.3) is 0 Å². The topological polar surface area (TPSA) is 91.4 Å². The number of hydrogen-bond donors (Lipinski definition) is 1. The minimum Gasteiger partial charge on any atom is -0.353 e. The van der Waals surface area contributed by atoms with Crippen LogP contribution in [0.3, 0.4) is 0 Å². The zero-order valence-corrected chi connectivity index (χ0v) is 9.78. The summed E-state index contributed by atoms with van der Waals surface area (Å²) < 4.78 is 22.4. The highest BCUT2D eigenvalue weighted by atomic mass is 16.8. The highest BCUT2D eigenvalue weighted by Gasteiger charge is 2.57. The molecular formula is C9H14N4O4. The molecule has 8 nitrogen and oxygen atoms in total. The van der Waals surface area contributed by atoms with E-state index < -0.39 is 18.2 Å². The Hall–Kier alpha value is -1.09. The van der Waals surface area contributed by atoms with E-state index in [1.165, 1.54) is 0 Å². The molecule has 0 saturated carbocycles. The molecular weight excluding hydrogens is 228 g/mol. The molecule has 8 heteroatoms. The number of tetrazole rings is 1. The van der Waals surface area contributed by atoms with Gasteiger partial charge in [-0.2, -0.15) is 5.21 Å². The molecule has 2 fully saturated rings. The molecule has 0 aromatic carbocycles. The number of fused-ring (bicyclic) bond motifs is 1. The summed E-state index contributed by atoms with van der Waals surface area (Å²) >= 11 is 0. The molecule has 3 heterocycles. The first kappa shape index (κ1) is 11.0. The SMILES string of the molecule is COC1OC(c2nn[nH]n2)C2OC(C)(C)OC12. The third-order valence-electron chi connectivity index (χ3n) is 2.86. The summed E-state index contributed by atoms with van der Waals surface area (Å²) in [7, 11) is 1.56. The molecule has 1 aromatic heterocycles. The summed E-state index contributed by atoms with van der Waals surface area (Å²) in [5.41, 5.74) is 0. The van der Waals surface area contributed by atoms with Gasteiger partial charge in [-0.15, -0.1) is 10.2 Å². The number of hydrogen-bond acceptors (Lipinski definition) is 7. The summed E-state index contributed by atoms with van der Waals surface area (Å²) in [6, 6.07) is 0. The van der Waals surface area contributed by atoms with Crippen molar-refractivity contribution in [3.8, 4) is 0 Å². The second-order valence-corrected chi connectivity index (χ2v) is 4.50. The maximum atomic E-state index is 5.79. The molecule has 1 aromatic rings. The number of aromatic nitrogens is 4. The monoisotopic (exact) mass is 242 g/mol. The van der Waals surface area contributed by atoms with E-state index >= 15 is 0 Å². The molecule has 3 rings (SSSR count). The summed E-state index contributed by atoms with van der Waals surface area (Å²) in [6.45, 7) is 3.71. The lowest BCUT2D eigenvalue weighted by atomic mass is 10.1. The maximum Gasteiger partial charge on any atom is 0.206 e. The third-order valence-corrected chi connectivity index (χ3v) is 2.86. The van der Waals surface area contributed by atoms with E-state index in [4.69, 9.17) is 18.9 Å². The molecule has 94 valence electrons. The van der Waals surface area contributed by atoms with Crippen LogP contribution in [0, 0.1) is 0 Å². The lowest BCUT2D eigenvalue weighted by Gasteiger charge is -2.22. The van der Waals surface area contributed by atoms with E-state index in [1.807, 2.05) is 13.8 Å². The van der Waals surface area contributed by atoms with E-state index in [0.717, 1.165) is 0 Å². The molecule has 0 bridgehead atoms. The normalized spacial score (nSPS) is 39.5. The zero-order chi connectivity index (χ0) is 12.0. The van der Waals surface area contributed by atoms with Crippen LogP contribution in [-0.2, 0) is 18.9 Å². The second kappa shape index (κ2) is 3.70. The van der Waals surface area contributed by atoms with Gasteiger partial charge < -0.3 is 18.9 Å². The fraction of sp³-hybridized carbons (Fsp3) is 0.889. The molecule has 1 N–H and O–H groups in total. The first-order valence-electron chi connectivity index (χ1n) is 5.38. The number of ether oxygens (including phenoxy) is 4. The van der Waals surface area contributed by atoms with Gasteiger partial charge in [-0.1, -0.05) is 5.21 Å². The molecule has 4 unspecified atom stereocenters. The molecule has 0 aliphatic carbocycles. The fourth-order valence-corrected chi connectivity index (χ4v) is 2.25. The average Bonchev–Trinajstić information content (AvgIpc) is 2.91. The van der Waals surface area contributed by atoms with Crippen LogP contribution in [0.1, 0.15) is 25.8 Å². The Morgan fingerprint density at radius 1 is 1.29 bits per heavy atom. The molecule has 2 saturated heterocycles. The van der Waals surface area contributed by atoms with Crippen molar-refractivity contribution in [2.75, 3.05) is 7.11 Å². The lowest BCUT2D eigenvalue weighted by molar-refractivity contribution is -0.229. The average molecular weight is 242 g/mol. The molecule has 4 atom stereocenters. The summed E-state index contributed by atoms with van der Waals surface area (Å²) in [5, 5.41) is 13.7. The Labute approximate surface area is 97.6 Å². The van der Waals surface area contributed by atoms with Crippen LogP contribution in [0.25, 0.3) is 0 Å². The number of aromatic amines is 1. The van der Waals surface area contributed by atoms with Crippen molar-refractivity contribution in [3.05, 3.63) is 5.82 Å². The Kier molecular flexibility index (Phi) is 2.40. The molecule has 0 amide bonds. The van der Waals surface area contributed by atoms with Gasteiger partial charge in [0, 0.05) is 7.11 Å². The predicted octanol–water partition coefficient (Wildman–Crippen LogP) is -0.236. The van der Waals surface area contributed by atoms with E-state index in [2.05, 4.69) is 20.6 Å². The number of rotatable bonds is 2. The van der Waals surface area contributed by atoms with E-state index in [-0.39, 0.29) is 12.2 Å². The summed E-state index contributed by atoms with van der Waals surface area (Å²) in [5.74, 6) is -0.210. The molecule has 0 radical (unpaired) electrons. The molecule has 2 aliphatic heterocycles. The third kappa shape index (κ3) is 1.73. The number of methoxy groups -OCH3 is 1. The van der Waals surface area contributed by atoms with Crippen molar-refractivity contribution in [1.29, 1.82) is 0 Å². The smallest absolute Gasteiger partial charge is 0.206 e. The summed E-state index contributed by atoms with van der Waals surface area (Å²) in [4.78, 5) is 0. The van der Waals surface area contributed by atoms with Crippen molar-refractivity contribution < 1.29 is 18.9 Å². The van der Waals surface area contributed by atoms with Gasteiger partial charge in [0.2, 0.25) is 5.82 Å². The Morgan fingerprint density at radius 2 is 2.06 bits per heavy atom. The van der Waals surface area contributed by atoms with Gasteiger partial charge in [-0.25, -0.2) is 0 Å². The van der Waals surface area contributed by atoms with Crippen LogP contribution >= 0.6 is 0 Å². The first-order chi connectivity index (χ1) is 8.11. The molecule has 17 heavy (non-hydrogen) atoms. The van der Waals surface area contributed by atoms with E-state index in [9.17, 15) is 0 Å². The summed E-state index contributed by atoms with van der Waals surface area (Å²) in [6.07, 6.45) is -1.47. The van der Waals surface area contributed by atoms with Crippen molar-refractivity contribution in [1.82, 2.24) is 20.6 Å². The van der Waals surface area contributed by atoms with Crippen LogP contribution in [0.2, 0.25) is 0 Å². The zero-order valence-electron chi connectivity index (χ0n) is 9.78. The van der Waals surface area contributed by atoms with Crippen LogP contribution in [-0.4, -0.2) is 52.0 Å². The quantitative estimate of drug-likeness (QED) is 0.765. The standard InChI is InChI=1S/C9H14N4O4/c1-9(2)16-4-5(7-10-12-13-11-7)15-8(14-3)6(4)17-9/h4-6,8H,1-3H3,(H,10,11,12,13). The second-order valence-electron chi connectivity index (χ2n) is 4.50. The van der Waals surface area contributed by atoms with Crippen LogP contribution in [0.4, 0.5) is 0 Å². The van der Waals surface area contributed by atoms with Gasteiger partial charge in [0.1, 0.15) is 12.2 Å². The van der Waals surface area contributed by atoms with Crippen LogP contribution < -0.4 is 0 Å². The van der Waals surface area contributed by atoms with Crippen LogP contribution in [0.5, 0.6) is 0 Å². The molecule has 2 aliphatic rings. The highest BCUT2D eigenvalue weighted by molar-refractivity contribution is 5.02. The van der Waals surface area contributed by atoms with Crippen LogP contribution in [0.15, 0.2) is 0 Å². The maximum absolute atomic E-state index is 5.79. The van der Waals surface area contributed by atoms with Gasteiger partial charge in [0.15, 0.2) is 18.2 Å². The Balaban J connectivity index is 1.88. The van der Waals surface area contributed by atoms with E-state index in [0.29, 0.717) is 5.82 Å². The highest BCUT2D eigenvalue weighted by Crippen LogP contribution is 2.44. The van der Waals surface area contributed by atoms with Crippen molar-refractivity contribution in [2.45, 2.75) is 44.2 Å². The number of nitrogens with one attached hydrogen (secondary N) is 1. The van der Waals surface area contributed by atoms with Crippen molar-refractivity contribution >= 4 is 0 Å². The Morgan fingerprint density at radius 3 is 2.71 bits per heavy atom. The van der Waals surface area contributed by atoms with Crippen molar-refractivity contribution in [3.63, 3.8) is 0 Å². The first-order valence-corrected chi connectivity index (χ1v) is 5.38. The van der Waals surface area contributed by atoms with Crippen molar-refractivity contribution in [2.24, 2.45) is 0 Å². The number of nitrogens with zero attached hydrogens (tertiary/aromatic N) is 3. The Bertz CT molecular complexity index is 396. The minimum atomic E-state index is -0.655.